The monoisotopic (exact) mass is 334 g/mol. The van der Waals surface area contributed by atoms with E-state index >= 15 is 0 Å². The summed E-state index contributed by atoms with van der Waals surface area (Å²) in [6, 6.07) is 10.3. The zero-order valence-electron chi connectivity index (χ0n) is 15.3. The molecule has 4 heteroatoms. The molecule has 0 saturated heterocycles. The molecule has 0 saturated carbocycles. The minimum atomic E-state index is -0.489. The van der Waals surface area contributed by atoms with Crippen molar-refractivity contribution >= 4 is 11.9 Å². The average Bonchev–Trinajstić information content (AvgIpc) is 2.59. The van der Waals surface area contributed by atoms with E-state index in [1.807, 2.05) is 39.0 Å². The molecule has 24 heavy (non-hydrogen) atoms. The molecule has 0 bridgehead atoms. The van der Waals surface area contributed by atoms with Crippen LogP contribution >= 0.6 is 0 Å². The van der Waals surface area contributed by atoms with Crippen molar-refractivity contribution in [1.82, 2.24) is 0 Å². The zero-order valence-corrected chi connectivity index (χ0v) is 15.3. The van der Waals surface area contributed by atoms with Crippen LogP contribution < -0.4 is 0 Å². The first-order valence-corrected chi connectivity index (χ1v) is 8.74. The summed E-state index contributed by atoms with van der Waals surface area (Å²) in [4.78, 5) is 23.5. The molecule has 0 amide bonds. The van der Waals surface area contributed by atoms with Crippen LogP contribution in [0, 0.1) is 5.41 Å². The van der Waals surface area contributed by atoms with E-state index in [1.165, 1.54) is 5.56 Å². The Morgan fingerprint density at radius 3 is 2.33 bits per heavy atom. The summed E-state index contributed by atoms with van der Waals surface area (Å²) in [5, 5.41) is 0. The van der Waals surface area contributed by atoms with Crippen molar-refractivity contribution in [2.75, 3.05) is 13.2 Å². The SMILES string of the molecule is CCC(C)(C)C(=O)OCCOC(=O)CCCC(C)c1ccccc1. The largest absolute Gasteiger partial charge is 0.462 e. The van der Waals surface area contributed by atoms with E-state index in [2.05, 4.69) is 19.1 Å². The van der Waals surface area contributed by atoms with Crippen LogP contribution in [0.3, 0.4) is 0 Å². The fourth-order valence-electron chi connectivity index (χ4n) is 2.20. The summed E-state index contributed by atoms with van der Waals surface area (Å²) < 4.78 is 10.2. The predicted molar refractivity (Wildman–Crippen MR) is 94.7 cm³/mol. The van der Waals surface area contributed by atoms with Crippen LogP contribution in [0.4, 0.5) is 0 Å². The Hall–Kier alpha value is -1.84. The molecule has 1 aromatic rings. The molecule has 0 aliphatic rings. The Kier molecular flexibility index (Phi) is 8.51. The average molecular weight is 334 g/mol. The smallest absolute Gasteiger partial charge is 0.311 e. The summed E-state index contributed by atoms with van der Waals surface area (Å²) in [6.07, 6.45) is 2.84. The van der Waals surface area contributed by atoms with Gasteiger partial charge in [-0.3, -0.25) is 9.59 Å². The van der Waals surface area contributed by atoms with Crippen LogP contribution in [-0.2, 0) is 19.1 Å². The molecule has 1 aromatic carbocycles. The second kappa shape index (κ2) is 10.1. The Labute approximate surface area is 145 Å². The van der Waals surface area contributed by atoms with Gasteiger partial charge in [-0.15, -0.1) is 0 Å². The maximum Gasteiger partial charge on any atom is 0.311 e. The summed E-state index contributed by atoms with van der Waals surface area (Å²) in [6.45, 7) is 8.03. The lowest BCUT2D eigenvalue weighted by atomic mass is 9.91. The van der Waals surface area contributed by atoms with E-state index in [4.69, 9.17) is 9.47 Å². The van der Waals surface area contributed by atoms with Crippen molar-refractivity contribution in [3.8, 4) is 0 Å². The molecule has 0 aromatic heterocycles. The Morgan fingerprint density at radius 2 is 1.71 bits per heavy atom. The summed E-state index contributed by atoms with van der Waals surface area (Å²) >= 11 is 0. The zero-order chi connectivity index (χ0) is 18.0. The molecule has 0 heterocycles. The van der Waals surface area contributed by atoms with E-state index in [9.17, 15) is 9.59 Å². The van der Waals surface area contributed by atoms with E-state index in [1.54, 1.807) is 0 Å². The molecule has 0 fully saturated rings. The standard InChI is InChI=1S/C20H30O4/c1-5-20(3,4)19(22)24-15-14-23-18(21)13-9-10-16(2)17-11-7-6-8-12-17/h6-8,11-12,16H,5,9-10,13-15H2,1-4H3. The van der Waals surface area contributed by atoms with Gasteiger partial charge in [-0.25, -0.2) is 0 Å². The van der Waals surface area contributed by atoms with Crippen molar-refractivity contribution in [3.63, 3.8) is 0 Å². The number of benzene rings is 1. The number of carbonyl (C=O) groups is 2. The van der Waals surface area contributed by atoms with Crippen molar-refractivity contribution in [1.29, 1.82) is 0 Å². The number of carbonyl (C=O) groups excluding carboxylic acids is 2. The number of hydrogen-bond donors (Lipinski definition) is 0. The Bertz CT molecular complexity index is 508. The molecule has 0 radical (unpaired) electrons. The van der Waals surface area contributed by atoms with Gasteiger partial charge in [-0.1, -0.05) is 44.2 Å². The third-order valence-electron chi connectivity index (χ3n) is 4.40. The molecule has 4 nitrogen and oxygen atoms in total. The quantitative estimate of drug-likeness (QED) is 0.467. The lowest BCUT2D eigenvalue weighted by Crippen LogP contribution is -2.27. The Morgan fingerprint density at radius 1 is 1.08 bits per heavy atom. The van der Waals surface area contributed by atoms with Crippen molar-refractivity contribution < 1.29 is 19.1 Å². The highest BCUT2D eigenvalue weighted by Gasteiger charge is 2.26. The maximum absolute atomic E-state index is 11.8. The molecule has 1 atom stereocenters. The number of rotatable bonds is 10. The fourth-order valence-corrected chi connectivity index (χ4v) is 2.20. The Balaban J connectivity index is 2.13. The number of hydrogen-bond acceptors (Lipinski definition) is 4. The predicted octanol–water partition coefficient (Wildman–Crippen LogP) is 4.48. The molecular formula is C20H30O4. The van der Waals surface area contributed by atoms with Crippen LogP contribution in [0.1, 0.15) is 64.9 Å². The minimum Gasteiger partial charge on any atom is -0.462 e. The van der Waals surface area contributed by atoms with Crippen LogP contribution in [0.25, 0.3) is 0 Å². The second-order valence-electron chi connectivity index (χ2n) is 6.80. The first kappa shape index (κ1) is 20.2. The highest BCUT2D eigenvalue weighted by Crippen LogP contribution is 2.22. The van der Waals surface area contributed by atoms with Gasteiger partial charge in [0.1, 0.15) is 13.2 Å². The van der Waals surface area contributed by atoms with E-state index in [0.717, 1.165) is 12.8 Å². The number of ether oxygens (including phenoxy) is 2. The van der Waals surface area contributed by atoms with Gasteiger partial charge in [-0.05, 0) is 44.6 Å². The molecule has 0 aliphatic carbocycles. The van der Waals surface area contributed by atoms with Gasteiger partial charge in [0.2, 0.25) is 0 Å². The lowest BCUT2D eigenvalue weighted by Gasteiger charge is -2.20. The molecule has 134 valence electrons. The van der Waals surface area contributed by atoms with Crippen LogP contribution in [0.5, 0.6) is 0 Å². The molecule has 0 N–H and O–H groups in total. The van der Waals surface area contributed by atoms with E-state index in [0.29, 0.717) is 18.8 Å². The highest BCUT2D eigenvalue weighted by atomic mass is 16.6. The topological polar surface area (TPSA) is 52.6 Å². The third kappa shape index (κ3) is 7.16. The first-order chi connectivity index (χ1) is 11.4. The van der Waals surface area contributed by atoms with Gasteiger partial charge >= 0.3 is 11.9 Å². The van der Waals surface area contributed by atoms with Gasteiger partial charge in [-0.2, -0.15) is 0 Å². The lowest BCUT2D eigenvalue weighted by molar-refractivity contribution is -0.159. The van der Waals surface area contributed by atoms with Crippen molar-refractivity contribution in [3.05, 3.63) is 35.9 Å². The van der Waals surface area contributed by atoms with E-state index < -0.39 is 5.41 Å². The third-order valence-corrected chi connectivity index (χ3v) is 4.40. The van der Waals surface area contributed by atoms with Gasteiger partial charge in [0.05, 0.1) is 5.41 Å². The van der Waals surface area contributed by atoms with E-state index in [-0.39, 0.29) is 25.2 Å². The fraction of sp³-hybridized carbons (Fsp3) is 0.600. The number of esters is 2. The van der Waals surface area contributed by atoms with Gasteiger partial charge in [0.25, 0.3) is 0 Å². The normalized spacial score (nSPS) is 12.5. The van der Waals surface area contributed by atoms with Crippen LogP contribution in [0.2, 0.25) is 0 Å². The second-order valence-corrected chi connectivity index (χ2v) is 6.80. The van der Waals surface area contributed by atoms with Crippen molar-refractivity contribution in [2.45, 2.75) is 59.3 Å². The summed E-state index contributed by atoms with van der Waals surface area (Å²) in [5.74, 6) is -0.0602. The van der Waals surface area contributed by atoms with Crippen molar-refractivity contribution in [2.24, 2.45) is 5.41 Å². The molecule has 0 aliphatic heterocycles. The van der Waals surface area contributed by atoms with Crippen LogP contribution in [0.15, 0.2) is 30.3 Å². The first-order valence-electron chi connectivity index (χ1n) is 8.74. The summed E-state index contributed by atoms with van der Waals surface area (Å²) in [7, 11) is 0. The van der Waals surface area contributed by atoms with Gasteiger partial charge in [0, 0.05) is 6.42 Å². The van der Waals surface area contributed by atoms with Gasteiger partial charge < -0.3 is 9.47 Å². The van der Waals surface area contributed by atoms with Crippen LogP contribution in [-0.4, -0.2) is 25.2 Å². The van der Waals surface area contributed by atoms with Gasteiger partial charge in [0.15, 0.2) is 0 Å². The highest BCUT2D eigenvalue weighted by molar-refractivity contribution is 5.75. The molecular weight excluding hydrogens is 304 g/mol. The molecule has 1 rings (SSSR count). The maximum atomic E-state index is 11.8. The molecule has 0 spiro atoms. The minimum absolute atomic E-state index is 0.119. The summed E-state index contributed by atoms with van der Waals surface area (Å²) in [5.41, 5.74) is 0.800. The molecule has 1 unspecified atom stereocenters.